The van der Waals surface area contributed by atoms with Gasteiger partial charge in [-0.05, 0) is 42.7 Å². The van der Waals surface area contributed by atoms with Crippen LogP contribution in [-0.4, -0.2) is 40.3 Å². The van der Waals surface area contributed by atoms with Crippen LogP contribution in [-0.2, 0) is 17.8 Å². The predicted octanol–water partition coefficient (Wildman–Crippen LogP) is 3.21. The molecular formula is C27H29N7O2. The Morgan fingerprint density at radius 3 is 2.64 bits per heavy atom. The van der Waals surface area contributed by atoms with Gasteiger partial charge in [0.25, 0.3) is 0 Å². The number of hydrazine groups is 2. The number of rotatable bonds is 9. The molecule has 184 valence electrons. The monoisotopic (exact) mass is 483 g/mol. The van der Waals surface area contributed by atoms with Gasteiger partial charge < -0.3 is 9.74 Å². The highest BCUT2D eigenvalue weighted by molar-refractivity contribution is 6.01. The molecule has 0 bridgehead atoms. The number of fused-ring (bicyclic) bond motifs is 1. The van der Waals surface area contributed by atoms with Gasteiger partial charge in [0.05, 0.1) is 12.7 Å². The summed E-state index contributed by atoms with van der Waals surface area (Å²) in [6, 6.07) is 24.0. The summed E-state index contributed by atoms with van der Waals surface area (Å²) in [4.78, 5) is 22.6. The standard InChI is InChI=1S/C27H29N7O2/c1-20-7-6-10-21(15-20)11-14-27(35)33(18-26-29-30-31-32(26)2)24-12-13-25-23(16-24)17-28-34(25)36-19-22-8-4-3-5-9-22/h3-10,12-13,15-17,30-31H,11,14,18-19H2,1-2H3. The minimum absolute atomic E-state index is 0.0200. The third-order valence-electron chi connectivity index (χ3n) is 6.13. The molecule has 1 amide bonds. The van der Waals surface area contributed by atoms with E-state index >= 15 is 0 Å². The molecule has 0 unspecified atom stereocenters. The average Bonchev–Trinajstić information content (AvgIpc) is 3.50. The molecule has 0 saturated carbocycles. The molecule has 0 saturated heterocycles. The Balaban J connectivity index is 1.36. The van der Waals surface area contributed by atoms with Gasteiger partial charge in [-0.2, -0.15) is 0 Å². The molecular weight excluding hydrogens is 454 g/mol. The number of nitrogens with zero attached hydrogens (tertiary/aromatic N) is 5. The minimum Gasteiger partial charge on any atom is -0.391 e. The minimum atomic E-state index is 0.0200. The third-order valence-corrected chi connectivity index (χ3v) is 6.13. The lowest BCUT2D eigenvalue weighted by Crippen LogP contribution is -2.44. The van der Waals surface area contributed by atoms with Crippen LogP contribution in [0.4, 0.5) is 5.69 Å². The highest BCUT2D eigenvalue weighted by Gasteiger charge is 2.23. The Morgan fingerprint density at radius 2 is 1.86 bits per heavy atom. The van der Waals surface area contributed by atoms with Gasteiger partial charge in [-0.25, -0.2) is 5.53 Å². The number of hydrogen-bond acceptors (Lipinski definition) is 7. The summed E-state index contributed by atoms with van der Waals surface area (Å²) in [6.45, 7) is 2.80. The zero-order valence-corrected chi connectivity index (χ0v) is 20.4. The van der Waals surface area contributed by atoms with Gasteiger partial charge in [0, 0.05) is 24.5 Å². The molecule has 4 aromatic rings. The zero-order valence-electron chi connectivity index (χ0n) is 20.4. The molecule has 36 heavy (non-hydrogen) atoms. The van der Waals surface area contributed by atoms with E-state index in [1.807, 2.05) is 61.6 Å². The third kappa shape index (κ3) is 5.31. The van der Waals surface area contributed by atoms with E-state index in [4.69, 9.17) is 4.84 Å². The van der Waals surface area contributed by atoms with Crippen LogP contribution in [0.1, 0.15) is 23.1 Å². The Labute approximate surface area is 209 Å². The molecule has 0 radical (unpaired) electrons. The second-order valence-electron chi connectivity index (χ2n) is 8.80. The number of aromatic nitrogens is 2. The molecule has 0 fully saturated rings. The Bertz CT molecular complexity index is 1380. The van der Waals surface area contributed by atoms with E-state index in [0.29, 0.717) is 31.8 Å². The second kappa shape index (κ2) is 10.5. The van der Waals surface area contributed by atoms with Gasteiger partial charge >= 0.3 is 0 Å². The lowest BCUT2D eigenvalue weighted by molar-refractivity contribution is -0.118. The lowest BCUT2D eigenvalue weighted by atomic mass is 10.1. The molecule has 0 aliphatic carbocycles. The number of carbonyl (C=O) groups is 1. The predicted molar refractivity (Wildman–Crippen MR) is 140 cm³/mol. The first kappa shape index (κ1) is 23.4. The second-order valence-corrected chi connectivity index (χ2v) is 8.80. The van der Waals surface area contributed by atoms with E-state index in [0.717, 1.165) is 27.7 Å². The van der Waals surface area contributed by atoms with Crippen molar-refractivity contribution in [2.75, 3.05) is 18.5 Å². The highest BCUT2D eigenvalue weighted by Crippen LogP contribution is 2.23. The maximum atomic E-state index is 13.5. The van der Waals surface area contributed by atoms with Crippen molar-refractivity contribution >= 4 is 28.3 Å². The first-order valence-corrected chi connectivity index (χ1v) is 11.9. The number of amides is 1. The van der Waals surface area contributed by atoms with Crippen molar-refractivity contribution in [1.82, 2.24) is 26.0 Å². The Kier molecular flexibility index (Phi) is 6.81. The largest absolute Gasteiger partial charge is 0.391 e. The number of carbonyl (C=O) groups excluding carboxylic acids is 1. The van der Waals surface area contributed by atoms with E-state index in [2.05, 4.69) is 46.4 Å². The first-order valence-electron chi connectivity index (χ1n) is 11.9. The van der Waals surface area contributed by atoms with E-state index in [-0.39, 0.29) is 5.91 Å². The van der Waals surface area contributed by atoms with Crippen LogP contribution in [0.15, 0.2) is 84.1 Å². The van der Waals surface area contributed by atoms with Crippen LogP contribution in [0.5, 0.6) is 0 Å². The van der Waals surface area contributed by atoms with Crippen LogP contribution in [0.25, 0.3) is 10.9 Å². The number of anilines is 1. The summed E-state index contributed by atoms with van der Waals surface area (Å²) in [5.74, 6) is 0.729. The van der Waals surface area contributed by atoms with Gasteiger partial charge in [-0.1, -0.05) is 65.0 Å². The zero-order chi connectivity index (χ0) is 24.9. The maximum Gasteiger partial charge on any atom is 0.227 e. The molecule has 2 heterocycles. The number of amidine groups is 1. The van der Waals surface area contributed by atoms with Crippen molar-refractivity contribution in [3.05, 3.63) is 95.7 Å². The summed E-state index contributed by atoms with van der Waals surface area (Å²) in [7, 11) is 1.85. The van der Waals surface area contributed by atoms with Crippen molar-refractivity contribution < 1.29 is 9.63 Å². The molecule has 1 aromatic heterocycles. The quantitative estimate of drug-likeness (QED) is 0.380. The fraction of sp³-hybridized carbons (Fsp3) is 0.222. The van der Waals surface area contributed by atoms with E-state index in [9.17, 15) is 4.79 Å². The average molecular weight is 484 g/mol. The molecule has 3 aromatic carbocycles. The molecule has 1 aliphatic rings. The van der Waals surface area contributed by atoms with Crippen LogP contribution < -0.4 is 20.8 Å². The molecule has 1 aliphatic heterocycles. The summed E-state index contributed by atoms with van der Waals surface area (Å²) in [6.07, 6.45) is 2.81. The van der Waals surface area contributed by atoms with E-state index in [1.54, 1.807) is 16.1 Å². The fourth-order valence-electron chi connectivity index (χ4n) is 4.14. The van der Waals surface area contributed by atoms with Gasteiger partial charge in [0.1, 0.15) is 12.1 Å². The van der Waals surface area contributed by atoms with Crippen molar-refractivity contribution in [2.45, 2.75) is 26.4 Å². The normalized spacial score (nSPS) is 12.9. The topological polar surface area (TPSA) is 87.0 Å². The number of likely N-dealkylation sites (N-methyl/N-ethyl adjacent to an activating group) is 1. The molecule has 5 rings (SSSR count). The SMILES string of the molecule is Cc1cccc(CCC(=O)N(CC2=NNNN2C)c2ccc3c(cnn3OCc3ccccc3)c2)c1. The number of hydrogen-bond donors (Lipinski definition) is 2. The summed E-state index contributed by atoms with van der Waals surface area (Å²) >= 11 is 0. The number of benzene rings is 3. The number of hydrazone groups is 1. The van der Waals surface area contributed by atoms with Gasteiger partial charge in [-0.3, -0.25) is 9.80 Å². The molecule has 9 heteroatoms. The first-order chi connectivity index (χ1) is 17.6. The Morgan fingerprint density at radius 1 is 1.03 bits per heavy atom. The maximum absolute atomic E-state index is 13.5. The highest BCUT2D eigenvalue weighted by atomic mass is 16.7. The van der Waals surface area contributed by atoms with Crippen LogP contribution >= 0.6 is 0 Å². The van der Waals surface area contributed by atoms with E-state index in [1.165, 1.54) is 10.4 Å². The summed E-state index contributed by atoms with van der Waals surface area (Å²) < 4.78 is 0. The molecule has 2 N–H and O–H groups in total. The Hall–Kier alpha value is -4.37. The van der Waals surface area contributed by atoms with Crippen molar-refractivity contribution in [2.24, 2.45) is 5.10 Å². The summed E-state index contributed by atoms with van der Waals surface area (Å²) in [5, 5.41) is 11.3. The molecule has 9 nitrogen and oxygen atoms in total. The fourth-order valence-corrected chi connectivity index (χ4v) is 4.14. The van der Waals surface area contributed by atoms with Crippen molar-refractivity contribution in [1.29, 1.82) is 0 Å². The van der Waals surface area contributed by atoms with Gasteiger partial charge in [-0.15, -0.1) is 15.7 Å². The van der Waals surface area contributed by atoms with Gasteiger partial charge in [0.15, 0.2) is 5.84 Å². The van der Waals surface area contributed by atoms with Gasteiger partial charge in [0.2, 0.25) is 5.91 Å². The molecule has 0 spiro atoms. The lowest BCUT2D eigenvalue weighted by Gasteiger charge is -2.25. The van der Waals surface area contributed by atoms with E-state index < -0.39 is 0 Å². The number of nitrogens with one attached hydrogen (secondary N) is 2. The molecule has 0 atom stereocenters. The smallest absolute Gasteiger partial charge is 0.227 e. The van der Waals surface area contributed by atoms with Crippen molar-refractivity contribution in [3.8, 4) is 0 Å². The number of aryl methyl sites for hydroxylation is 2. The van der Waals surface area contributed by atoms with Crippen molar-refractivity contribution in [3.63, 3.8) is 0 Å². The van der Waals surface area contributed by atoms with Crippen LogP contribution in [0.3, 0.4) is 0 Å². The van der Waals surface area contributed by atoms with Crippen LogP contribution in [0.2, 0.25) is 0 Å². The summed E-state index contributed by atoms with van der Waals surface area (Å²) in [5.41, 5.74) is 10.7. The van der Waals surface area contributed by atoms with Crippen LogP contribution in [0, 0.1) is 6.92 Å².